The molecule has 0 aliphatic heterocycles. The Balaban J connectivity index is 1.77. The van der Waals surface area contributed by atoms with Crippen molar-refractivity contribution in [1.29, 1.82) is 0 Å². The van der Waals surface area contributed by atoms with Gasteiger partial charge in [0.15, 0.2) is 6.61 Å². The van der Waals surface area contributed by atoms with Gasteiger partial charge in [-0.15, -0.1) is 0 Å². The maximum Gasteiger partial charge on any atom is 0.341 e. The molecule has 7 heteroatoms. The van der Waals surface area contributed by atoms with Crippen molar-refractivity contribution in [2.24, 2.45) is 0 Å². The van der Waals surface area contributed by atoms with Crippen LogP contribution in [0.15, 0.2) is 30.3 Å². The van der Waals surface area contributed by atoms with Gasteiger partial charge >= 0.3 is 5.97 Å². The first-order valence-corrected chi connectivity index (χ1v) is 6.78. The molecule has 1 aromatic heterocycles. The lowest BCUT2D eigenvalue weighted by Gasteiger charge is -2.06. The van der Waals surface area contributed by atoms with Crippen LogP contribution in [0.2, 0.25) is 0 Å². The fourth-order valence-electron chi connectivity index (χ4n) is 1.84. The van der Waals surface area contributed by atoms with Crippen LogP contribution in [0.3, 0.4) is 0 Å². The van der Waals surface area contributed by atoms with Gasteiger partial charge in [-0.2, -0.15) is 5.10 Å². The van der Waals surface area contributed by atoms with Crippen molar-refractivity contribution in [1.82, 2.24) is 15.5 Å². The van der Waals surface area contributed by atoms with E-state index >= 15 is 0 Å². The number of carbonyl (C=O) groups is 2. The molecule has 0 aliphatic rings. The number of H-pyrrole nitrogens is 1. The van der Waals surface area contributed by atoms with E-state index in [9.17, 15) is 9.59 Å². The number of hydrogen-bond donors (Lipinski definition) is 3. The van der Waals surface area contributed by atoms with Gasteiger partial charge in [0.1, 0.15) is 11.4 Å². The van der Waals surface area contributed by atoms with Gasteiger partial charge in [0.05, 0.1) is 0 Å². The average Bonchev–Trinajstić information content (AvgIpc) is 2.93. The molecule has 0 bridgehead atoms. The number of aliphatic carboxylic acids is 1. The zero-order valence-electron chi connectivity index (χ0n) is 12.1. The molecular weight excluding hydrogens is 286 g/mol. The summed E-state index contributed by atoms with van der Waals surface area (Å²) in [5.74, 6) is -0.728. The summed E-state index contributed by atoms with van der Waals surface area (Å²) in [5, 5.41) is 17.9. The van der Waals surface area contributed by atoms with Crippen LogP contribution >= 0.6 is 0 Å². The van der Waals surface area contributed by atoms with E-state index in [-0.39, 0.29) is 12.5 Å². The smallest absolute Gasteiger partial charge is 0.341 e. The van der Waals surface area contributed by atoms with Crippen LogP contribution < -0.4 is 10.1 Å². The van der Waals surface area contributed by atoms with Crippen LogP contribution in [0.25, 0.3) is 0 Å². The first kappa shape index (κ1) is 15.6. The number of carbonyl (C=O) groups excluding carboxylic acids is 1. The molecular formula is C15H17N3O4. The molecule has 0 aliphatic carbocycles. The largest absolute Gasteiger partial charge is 0.482 e. The van der Waals surface area contributed by atoms with Gasteiger partial charge in [-0.25, -0.2) is 4.79 Å². The fourth-order valence-corrected chi connectivity index (χ4v) is 1.84. The molecule has 0 radical (unpaired) electrons. The zero-order valence-corrected chi connectivity index (χ0v) is 12.1. The molecule has 1 heterocycles. The van der Waals surface area contributed by atoms with E-state index in [0.717, 1.165) is 11.3 Å². The summed E-state index contributed by atoms with van der Waals surface area (Å²) in [6.45, 7) is 1.95. The van der Waals surface area contributed by atoms with Gasteiger partial charge in [-0.05, 0) is 37.1 Å². The second-order valence-corrected chi connectivity index (χ2v) is 4.77. The summed E-state index contributed by atoms with van der Waals surface area (Å²) in [6.07, 6.45) is 0.661. The van der Waals surface area contributed by atoms with Gasteiger partial charge in [-0.1, -0.05) is 12.1 Å². The summed E-state index contributed by atoms with van der Waals surface area (Å²) in [6, 6.07) is 8.77. The summed E-state index contributed by atoms with van der Waals surface area (Å²) < 4.78 is 5.04. The molecule has 3 N–H and O–H groups in total. The standard InChI is InChI=1S/C15H17N3O4/c1-10-8-13(18-17-10)15(21)16-7-6-11-2-4-12(5-3-11)22-9-14(19)20/h2-5,8H,6-7,9H2,1H3,(H,16,21)(H,17,18)(H,19,20). The number of ether oxygens (including phenoxy) is 1. The Morgan fingerprint density at radius 1 is 1.32 bits per heavy atom. The Hall–Kier alpha value is -2.83. The third kappa shape index (κ3) is 4.62. The molecule has 0 unspecified atom stereocenters. The molecule has 0 atom stereocenters. The Labute approximate surface area is 127 Å². The lowest BCUT2D eigenvalue weighted by molar-refractivity contribution is -0.139. The van der Waals surface area contributed by atoms with Crippen molar-refractivity contribution < 1.29 is 19.4 Å². The normalized spacial score (nSPS) is 10.2. The van der Waals surface area contributed by atoms with Crippen molar-refractivity contribution in [3.8, 4) is 5.75 Å². The second kappa shape index (κ2) is 7.26. The molecule has 116 valence electrons. The van der Waals surface area contributed by atoms with Crippen molar-refractivity contribution >= 4 is 11.9 Å². The number of carboxylic acid groups (broad SMARTS) is 1. The minimum absolute atomic E-state index is 0.217. The third-order valence-electron chi connectivity index (χ3n) is 2.92. The van der Waals surface area contributed by atoms with Crippen LogP contribution in [0.4, 0.5) is 0 Å². The molecule has 0 spiro atoms. The van der Waals surface area contributed by atoms with E-state index in [0.29, 0.717) is 24.4 Å². The number of nitrogens with one attached hydrogen (secondary N) is 2. The quantitative estimate of drug-likeness (QED) is 0.712. The number of aromatic amines is 1. The Morgan fingerprint density at radius 2 is 2.05 bits per heavy atom. The molecule has 1 aromatic carbocycles. The highest BCUT2D eigenvalue weighted by atomic mass is 16.5. The van der Waals surface area contributed by atoms with Crippen molar-refractivity contribution in [3.05, 3.63) is 47.3 Å². The number of rotatable bonds is 7. The molecule has 0 fully saturated rings. The van der Waals surface area contributed by atoms with Crippen LogP contribution in [0.5, 0.6) is 5.75 Å². The third-order valence-corrected chi connectivity index (χ3v) is 2.92. The molecule has 2 rings (SSSR count). The van der Waals surface area contributed by atoms with Crippen molar-refractivity contribution in [2.75, 3.05) is 13.2 Å². The molecule has 0 saturated heterocycles. The molecule has 0 saturated carbocycles. The van der Waals surface area contributed by atoms with Crippen molar-refractivity contribution in [3.63, 3.8) is 0 Å². The summed E-state index contributed by atoms with van der Waals surface area (Å²) >= 11 is 0. The predicted molar refractivity (Wildman–Crippen MR) is 78.9 cm³/mol. The zero-order chi connectivity index (χ0) is 15.9. The Morgan fingerprint density at radius 3 is 2.64 bits per heavy atom. The van der Waals surface area contributed by atoms with E-state index in [2.05, 4.69) is 15.5 Å². The maximum absolute atomic E-state index is 11.8. The Bertz CT molecular complexity index is 649. The summed E-state index contributed by atoms with van der Waals surface area (Å²) in [4.78, 5) is 22.2. The molecule has 22 heavy (non-hydrogen) atoms. The van der Waals surface area contributed by atoms with Crippen LogP contribution in [-0.2, 0) is 11.2 Å². The number of hydrogen-bond acceptors (Lipinski definition) is 4. The number of carboxylic acids is 1. The summed E-state index contributed by atoms with van der Waals surface area (Å²) in [5.41, 5.74) is 2.22. The maximum atomic E-state index is 11.8. The first-order chi connectivity index (χ1) is 10.5. The van der Waals surface area contributed by atoms with E-state index in [1.54, 1.807) is 18.2 Å². The lowest BCUT2D eigenvalue weighted by atomic mass is 10.1. The Kier molecular flexibility index (Phi) is 5.13. The van der Waals surface area contributed by atoms with E-state index in [4.69, 9.17) is 9.84 Å². The average molecular weight is 303 g/mol. The summed E-state index contributed by atoms with van der Waals surface area (Å²) in [7, 11) is 0. The lowest BCUT2D eigenvalue weighted by Crippen LogP contribution is -2.26. The van der Waals surface area contributed by atoms with E-state index in [1.165, 1.54) is 0 Å². The highest BCUT2D eigenvalue weighted by Gasteiger charge is 2.08. The molecule has 7 nitrogen and oxygen atoms in total. The second-order valence-electron chi connectivity index (χ2n) is 4.77. The van der Waals surface area contributed by atoms with Gasteiger partial charge in [-0.3, -0.25) is 9.89 Å². The van der Waals surface area contributed by atoms with E-state index < -0.39 is 5.97 Å². The number of aryl methyl sites for hydroxylation is 1. The topological polar surface area (TPSA) is 104 Å². The minimum Gasteiger partial charge on any atom is -0.482 e. The van der Waals surface area contributed by atoms with Gasteiger partial charge in [0, 0.05) is 12.2 Å². The number of aromatic nitrogens is 2. The molecule has 1 amide bonds. The molecule has 2 aromatic rings. The number of benzene rings is 1. The van der Waals surface area contributed by atoms with Crippen molar-refractivity contribution in [2.45, 2.75) is 13.3 Å². The van der Waals surface area contributed by atoms with Crippen LogP contribution in [0, 0.1) is 6.92 Å². The monoisotopic (exact) mass is 303 g/mol. The van der Waals surface area contributed by atoms with Gasteiger partial charge in [0.2, 0.25) is 0 Å². The van der Waals surface area contributed by atoms with Crippen LogP contribution in [-0.4, -0.2) is 40.3 Å². The first-order valence-electron chi connectivity index (χ1n) is 6.78. The highest BCUT2D eigenvalue weighted by molar-refractivity contribution is 5.92. The highest BCUT2D eigenvalue weighted by Crippen LogP contribution is 2.12. The fraction of sp³-hybridized carbons (Fsp3) is 0.267. The van der Waals surface area contributed by atoms with Gasteiger partial charge < -0.3 is 15.2 Å². The SMILES string of the molecule is Cc1cc(C(=O)NCCc2ccc(OCC(=O)O)cc2)n[nH]1. The minimum atomic E-state index is -1.01. The number of nitrogens with zero attached hydrogens (tertiary/aromatic N) is 1. The van der Waals surface area contributed by atoms with E-state index in [1.807, 2.05) is 19.1 Å². The van der Waals surface area contributed by atoms with Crippen LogP contribution in [0.1, 0.15) is 21.7 Å². The van der Waals surface area contributed by atoms with Gasteiger partial charge in [0.25, 0.3) is 5.91 Å². The number of amides is 1. The predicted octanol–water partition coefficient (Wildman–Crippen LogP) is 1.15.